The Morgan fingerprint density at radius 2 is 1.02 bits per heavy atom. The molecule has 0 aromatic carbocycles. The van der Waals surface area contributed by atoms with Gasteiger partial charge in [0.05, 0.1) is 18.1 Å². The second kappa shape index (κ2) is 39.7. The van der Waals surface area contributed by atoms with Crippen molar-refractivity contribution in [3.05, 3.63) is 11.5 Å². The van der Waals surface area contributed by atoms with Crippen molar-refractivity contribution in [2.24, 2.45) is 37.2 Å². The quantitative estimate of drug-likeness (QED) is 0.0817. The van der Waals surface area contributed by atoms with Crippen molar-refractivity contribution in [3.8, 4) is 0 Å². The number of nitrogens with zero attached hydrogens (tertiary/aromatic N) is 6. The highest BCUT2D eigenvalue weighted by molar-refractivity contribution is 5.81. The van der Waals surface area contributed by atoms with Gasteiger partial charge >= 0.3 is 0 Å². The number of aliphatic imine (C=N–C) groups is 4. The number of nitrogens with two attached hydrogens (primary N) is 3. The first-order valence-electron chi connectivity index (χ1n) is 27.5. The molecule has 0 atom stereocenters. The Balaban J connectivity index is 0.000000214. The smallest absolute Gasteiger partial charge is 0.194 e. The molecule has 11 N–H and O–H groups in total. The van der Waals surface area contributed by atoms with Crippen molar-refractivity contribution >= 4 is 17.9 Å². The summed E-state index contributed by atoms with van der Waals surface area (Å²) in [6.07, 6.45) is 39.4. The van der Waals surface area contributed by atoms with Crippen LogP contribution in [-0.2, 0) is 0 Å². The second-order valence-electron chi connectivity index (χ2n) is 19.6. The van der Waals surface area contributed by atoms with Crippen LogP contribution in [0, 0.1) is 0 Å². The first-order valence-corrected chi connectivity index (χ1v) is 27.5. The molecule has 5 saturated carbocycles. The molecule has 0 aromatic rings. The SMILES string of the molecule is C(=NC1CCCCC1)=NC1CCCCC1.C1CN=C2NCCCN2C1.NCCCN1CCCN=C1NC1CCCCC1.NCCCNCCCN.[NH-]C1CCCCC1.[NH-]C1CCCCC1. The Morgan fingerprint density at radius 3 is 1.49 bits per heavy atom. The van der Waals surface area contributed by atoms with Gasteiger partial charge in [0, 0.05) is 51.9 Å². The van der Waals surface area contributed by atoms with Crippen LogP contribution in [0.5, 0.6) is 0 Å². The lowest BCUT2D eigenvalue weighted by molar-refractivity contribution is 0.346. The summed E-state index contributed by atoms with van der Waals surface area (Å²) in [6.45, 7) is 12.1. The molecule has 0 bridgehead atoms. The molecule has 65 heavy (non-hydrogen) atoms. The van der Waals surface area contributed by atoms with Crippen LogP contribution in [0.2, 0.25) is 0 Å². The maximum atomic E-state index is 7.27. The fourth-order valence-electron chi connectivity index (χ4n) is 9.63. The average Bonchev–Trinajstić information content (AvgIpc) is 3.36. The van der Waals surface area contributed by atoms with E-state index >= 15 is 0 Å². The first-order chi connectivity index (χ1) is 32.0. The van der Waals surface area contributed by atoms with Gasteiger partial charge < -0.3 is 54.4 Å². The van der Waals surface area contributed by atoms with E-state index in [4.69, 9.17) is 28.7 Å². The average molecular weight is 911 g/mol. The summed E-state index contributed by atoms with van der Waals surface area (Å²) in [5.74, 6) is 2.27. The zero-order valence-electron chi connectivity index (χ0n) is 41.7. The summed E-state index contributed by atoms with van der Waals surface area (Å²) in [4.78, 5) is 22.7. The molecular formula is C51H102N14-2. The highest BCUT2D eigenvalue weighted by atomic mass is 15.3. The van der Waals surface area contributed by atoms with Gasteiger partial charge in [0.25, 0.3) is 0 Å². The van der Waals surface area contributed by atoms with Crippen LogP contribution in [0.3, 0.4) is 0 Å². The Hall–Kier alpha value is -2.32. The highest BCUT2D eigenvalue weighted by Crippen LogP contribution is 2.22. The van der Waals surface area contributed by atoms with Gasteiger partial charge in [-0.1, -0.05) is 122 Å². The molecule has 0 unspecified atom stereocenters. The number of hydrogen-bond acceptors (Lipinski definition) is 12. The molecule has 378 valence electrons. The van der Waals surface area contributed by atoms with E-state index in [1.54, 1.807) is 0 Å². The third kappa shape index (κ3) is 29.2. The largest absolute Gasteiger partial charge is 0.675 e. The standard InChI is InChI=1S/C13H26N4.C13H22N2.C7H13N3.C6H17N3.2C6H12N/c14-8-4-10-17-11-5-9-15-13(17)16-12-6-2-1-3-7-12;1-3-7-12(8-4-1)14-11-15-13-9-5-2-6-10-13;1-3-8-7-9-4-2-6-10(7)5-1;7-3-1-5-9-6-2-4-8;2*7-6-4-2-1-3-5-6/h12H,1-11,14H2,(H,15,16);12-13H,1-10H2;1-6H2,(H,8,9);9H,1-8H2;2*6-7H,1-5H2/q;;;;2*-1. The molecule has 0 radical (unpaired) electrons. The zero-order valence-corrected chi connectivity index (χ0v) is 41.7. The first kappa shape index (κ1) is 57.0. The zero-order chi connectivity index (χ0) is 46.3. The number of nitrogens with one attached hydrogen (secondary N) is 5. The molecular weight excluding hydrogens is 809 g/mol. The lowest BCUT2D eigenvalue weighted by Gasteiger charge is -2.33. The predicted molar refractivity (Wildman–Crippen MR) is 279 cm³/mol. The van der Waals surface area contributed by atoms with Gasteiger partial charge in [0.1, 0.15) is 0 Å². The minimum absolute atomic E-state index is 0.286. The van der Waals surface area contributed by atoms with E-state index in [1.165, 1.54) is 167 Å². The fourth-order valence-corrected chi connectivity index (χ4v) is 9.63. The van der Waals surface area contributed by atoms with Gasteiger partial charge in [-0.2, -0.15) is 0 Å². The van der Waals surface area contributed by atoms with Crippen LogP contribution < -0.4 is 33.2 Å². The van der Waals surface area contributed by atoms with Gasteiger partial charge in [-0.25, -0.2) is 9.98 Å². The van der Waals surface area contributed by atoms with Crippen LogP contribution in [-0.4, -0.2) is 136 Å². The second-order valence-corrected chi connectivity index (χ2v) is 19.6. The van der Waals surface area contributed by atoms with E-state index < -0.39 is 0 Å². The molecule has 8 rings (SSSR count). The van der Waals surface area contributed by atoms with Crippen LogP contribution in [0.15, 0.2) is 20.0 Å². The van der Waals surface area contributed by atoms with Gasteiger partial charge in [-0.05, 0) is 110 Å². The lowest BCUT2D eigenvalue weighted by Crippen LogP contribution is -2.49. The minimum Gasteiger partial charge on any atom is -0.675 e. The normalized spacial score (nSPS) is 22.2. The molecule has 5 aliphatic carbocycles. The van der Waals surface area contributed by atoms with Crippen molar-refractivity contribution in [1.82, 2.24) is 25.8 Å². The van der Waals surface area contributed by atoms with Gasteiger partial charge in [0.2, 0.25) is 0 Å². The molecule has 8 aliphatic rings. The molecule has 14 heteroatoms. The summed E-state index contributed by atoms with van der Waals surface area (Å²) in [6, 6.07) is 5.27. The Bertz CT molecular complexity index is 1170. The van der Waals surface area contributed by atoms with Crippen molar-refractivity contribution in [1.29, 1.82) is 0 Å². The highest BCUT2D eigenvalue weighted by Gasteiger charge is 2.20. The van der Waals surface area contributed by atoms with E-state index in [9.17, 15) is 0 Å². The number of rotatable bonds is 12. The molecule has 6 fully saturated rings. The van der Waals surface area contributed by atoms with E-state index in [0.29, 0.717) is 18.1 Å². The van der Waals surface area contributed by atoms with Crippen LogP contribution in [0.4, 0.5) is 0 Å². The molecule has 3 heterocycles. The minimum atomic E-state index is 0.286. The maximum Gasteiger partial charge on any atom is 0.194 e. The van der Waals surface area contributed by atoms with E-state index in [0.717, 1.165) is 122 Å². The van der Waals surface area contributed by atoms with Crippen LogP contribution in [0.1, 0.15) is 199 Å². The van der Waals surface area contributed by atoms with Crippen molar-refractivity contribution in [3.63, 3.8) is 0 Å². The van der Waals surface area contributed by atoms with Crippen molar-refractivity contribution in [2.75, 3.05) is 78.5 Å². The number of fused-ring (bicyclic) bond motifs is 1. The molecule has 1 saturated heterocycles. The molecule has 0 amide bonds. The topological polar surface area (TPSA) is 218 Å². The molecule has 0 spiro atoms. The summed E-state index contributed by atoms with van der Waals surface area (Å²) in [5.41, 5.74) is 30.7. The van der Waals surface area contributed by atoms with Gasteiger partial charge in [-0.15, -0.1) is 12.1 Å². The van der Waals surface area contributed by atoms with Crippen LogP contribution in [0.25, 0.3) is 11.5 Å². The van der Waals surface area contributed by atoms with Crippen molar-refractivity contribution < 1.29 is 0 Å². The summed E-state index contributed by atoms with van der Waals surface area (Å²) in [7, 11) is 0. The van der Waals surface area contributed by atoms with E-state index in [1.807, 2.05) is 0 Å². The van der Waals surface area contributed by atoms with Gasteiger partial charge in [-0.3, -0.25) is 9.98 Å². The molecule has 14 nitrogen and oxygen atoms in total. The predicted octanol–water partition coefficient (Wildman–Crippen LogP) is 9.20. The third-order valence-electron chi connectivity index (χ3n) is 13.7. The maximum absolute atomic E-state index is 7.27. The monoisotopic (exact) mass is 911 g/mol. The summed E-state index contributed by atoms with van der Waals surface area (Å²) < 4.78 is 0. The number of hydrogen-bond donors (Lipinski definition) is 6. The number of guanidine groups is 2. The van der Waals surface area contributed by atoms with E-state index in [2.05, 4.69) is 51.7 Å². The Morgan fingerprint density at radius 1 is 0.554 bits per heavy atom. The Labute approximate surface area is 398 Å². The van der Waals surface area contributed by atoms with E-state index in [-0.39, 0.29) is 12.1 Å². The van der Waals surface area contributed by atoms with Crippen molar-refractivity contribution in [2.45, 2.75) is 229 Å². The molecule has 0 aromatic heterocycles. The fraction of sp³-hybridized carbons (Fsp3) is 0.941. The Kier molecular flexibility index (Phi) is 34.8. The third-order valence-corrected chi connectivity index (χ3v) is 13.7. The summed E-state index contributed by atoms with van der Waals surface area (Å²) >= 11 is 0. The summed E-state index contributed by atoms with van der Waals surface area (Å²) in [5, 5.41) is 10.2. The lowest BCUT2D eigenvalue weighted by atomic mass is 9.95. The van der Waals surface area contributed by atoms with Crippen LogP contribution >= 0.6 is 0 Å². The van der Waals surface area contributed by atoms with Gasteiger partial charge in [0.15, 0.2) is 11.9 Å². The molecule has 3 aliphatic heterocycles.